The average molecular weight is 306 g/mol. The van der Waals surface area contributed by atoms with E-state index in [-0.39, 0.29) is 0 Å². The van der Waals surface area contributed by atoms with Crippen molar-refractivity contribution in [2.75, 3.05) is 25.0 Å². The van der Waals surface area contributed by atoms with Gasteiger partial charge in [-0.2, -0.15) is 0 Å². The van der Waals surface area contributed by atoms with Crippen molar-refractivity contribution in [2.45, 2.75) is 53.9 Å². The Balaban J connectivity index is 4.08. The second-order valence-electron chi connectivity index (χ2n) is 6.09. The molecule has 0 fully saturated rings. The van der Waals surface area contributed by atoms with E-state index in [9.17, 15) is 0 Å². The fourth-order valence-corrected chi connectivity index (χ4v) is 2.49. The SMILES string of the molecule is CCC(CBr)CN(CCC(C)C)CCC(C)C. The molecule has 0 aromatic rings. The quantitative estimate of drug-likeness (QED) is 0.524. The summed E-state index contributed by atoms with van der Waals surface area (Å²) in [6.07, 6.45) is 3.94. The van der Waals surface area contributed by atoms with Crippen LogP contribution in [-0.4, -0.2) is 29.9 Å². The average Bonchev–Trinajstić information content (AvgIpc) is 2.27. The van der Waals surface area contributed by atoms with Gasteiger partial charge >= 0.3 is 0 Å². The molecule has 0 aliphatic heterocycles. The first-order valence-electron chi connectivity index (χ1n) is 7.27. The molecular weight excluding hydrogens is 274 g/mol. The van der Waals surface area contributed by atoms with Gasteiger partial charge in [0.1, 0.15) is 0 Å². The number of hydrogen-bond donors (Lipinski definition) is 0. The standard InChI is InChI=1S/C15H32BrN/c1-6-15(11-16)12-17(9-7-13(2)3)10-8-14(4)5/h13-15H,6-12H2,1-5H3. The lowest BCUT2D eigenvalue weighted by atomic mass is 10.1. The number of alkyl halides is 1. The van der Waals surface area contributed by atoms with Crippen molar-refractivity contribution in [1.29, 1.82) is 0 Å². The molecule has 0 saturated carbocycles. The highest BCUT2D eigenvalue weighted by Crippen LogP contribution is 2.13. The summed E-state index contributed by atoms with van der Waals surface area (Å²) in [6, 6.07) is 0. The summed E-state index contributed by atoms with van der Waals surface area (Å²) < 4.78 is 0. The Labute approximate surface area is 117 Å². The Bertz CT molecular complexity index is 152. The Morgan fingerprint density at radius 3 is 1.71 bits per heavy atom. The van der Waals surface area contributed by atoms with Crippen LogP contribution in [0.15, 0.2) is 0 Å². The maximum Gasteiger partial charge on any atom is 0.00717 e. The summed E-state index contributed by atoms with van der Waals surface area (Å²) in [5.41, 5.74) is 0. The fourth-order valence-electron chi connectivity index (χ4n) is 1.83. The molecule has 0 radical (unpaired) electrons. The van der Waals surface area contributed by atoms with Crippen molar-refractivity contribution in [3.05, 3.63) is 0 Å². The van der Waals surface area contributed by atoms with Crippen LogP contribution >= 0.6 is 15.9 Å². The molecule has 0 saturated heterocycles. The molecule has 0 amide bonds. The molecular formula is C15H32BrN. The molecule has 0 N–H and O–H groups in total. The Kier molecular flexibility index (Phi) is 10.6. The monoisotopic (exact) mass is 305 g/mol. The van der Waals surface area contributed by atoms with Crippen molar-refractivity contribution in [2.24, 2.45) is 17.8 Å². The number of nitrogens with zero attached hydrogens (tertiary/aromatic N) is 1. The van der Waals surface area contributed by atoms with E-state index >= 15 is 0 Å². The highest BCUT2D eigenvalue weighted by atomic mass is 79.9. The third-order valence-electron chi connectivity index (χ3n) is 3.36. The molecule has 0 aromatic heterocycles. The first kappa shape index (κ1) is 17.4. The molecule has 104 valence electrons. The van der Waals surface area contributed by atoms with Crippen LogP contribution in [0.3, 0.4) is 0 Å². The van der Waals surface area contributed by atoms with Crippen LogP contribution in [0.1, 0.15) is 53.9 Å². The van der Waals surface area contributed by atoms with Crippen LogP contribution in [0.2, 0.25) is 0 Å². The minimum Gasteiger partial charge on any atom is -0.303 e. The van der Waals surface area contributed by atoms with Crippen molar-refractivity contribution in [3.8, 4) is 0 Å². The van der Waals surface area contributed by atoms with Crippen LogP contribution in [0.5, 0.6) is 0 Å². The van der Waals surface area contributed by atoms with Gasteiger partial charge in [0.2, 0.25) is 0 Å². The molecule has 0 aliphatic rings. The summed E-state index contributed by atoms with van der Waals surface area (Å²) in [6.45, 7) is 15.4. The van der Waals surface area contributed by atoms with Gasteiger partial charge in [-0.1, -0.05) is 57.0 Å². The molecule has 17 heavy (non-hydrogen) atoms. The molecule has 0 aliphatic carbocycles. The van der Waals surface area contributed by atoms with Crippen LogP contribution in [0.25, 0.3) is 0 Å². The molecule has 1 unspecified atom stereocenters. The van der Waals surface area contributed by atoms with Crippen LogP contribution < -0.4 is 0 Å². The summed E-state index contributed by atoms with van der Waals surface area (Å²) >= 11 is 3.64. The van der Waals surface area contributed by atoms with Crippen LogP contribution in [0, 0.1) is 17.8 Å². The minimum absolute atomic E-state index is 0.814. The largest absolute Gasteiger partial charge is 0.303 e. The van der Waals surface area contributed by atoms with E-state index < -0.39 is 0 Å². The Hall–Kier alpha value is 0.440. The van der Waals surface area contributed by atoms with Gasteiger partial charge < -0.3 is 4.90 Å². The molecule has 0 heterocycles. The summed E-state index contributed by atoms with van der Waals surface area (Å²) in [5.74, 6) is 2.45. The van der Waals surface area contributed by atoms with Gasteiger partial charge in [-0.15, -0.1) is 0 Å². The molecule has 1 atom stereocenters. The summed E-state index contributed by atoms with van der Waals surface area (Å²) in [5, 5.41) is 1.14. The van der Waals surface area contributed by atoms with Crippen molar-refractivity contribution < 1.29 is 0 Å². The maximum atomic E-state index is 3.64. The molecule has 0 bridgehead atoms. The molecule has 1 nitrogen and oxygen atoms in total. The van der Waals surface area contributed by atoms with Gasteiger partial charge in [0.15, 0.2) is 0 Å². The number of halogens is 1. The van der Waals surface area contributed by atoms with Crippen molar-refractivity contribution >= 4 is 15.9 Å². The Morgan fingerprint density at radius 1 is 0.941 bits per heavy atom. The Morgan fingerprint density at radius 2 is 1.41 bits per heavy atom. The molecule has 2 heteroatoms. The predicted octanol–water partition coefficient (Wildman–Crippen LogP) is 4.80. The van der Waals surface area contributed by atoms with Gasteiger partial charge in [0, 0.05) is 11.9 Å². The van der Waals surface area contributed by atoms with Gasteiger partial charge in [-0.25, -0.2) is 0 Å². The second kappa shape index (κ2) is 10.4. The molecule has 0 spiro atoms. The molecule has 0 rings (SSSR count). The second-order valence-corrected chi connectivity index (χ2v) is 6.74. The summed E-state index contributed by atoms with van der Waals surface area (Å²) in [7, 11) is 0. The maximum absolute atomic E-state index is 3.64. The normalized spacial score (nSPS) is 13.9. The first-order chi connectivity index (χ1) is 7.99. The zero-order chi connectivity index (χ0) is 13.3. The highest BCUT2D eigenvalue weighted by molar-refractivity contribution is 9.09. The number of rotatable bonds is 10. The minimum atomic E-state index is 0.814. The lowest BCUT2D eigenvalue weighted by molar-refractivity contribution is 0.214. The van der Waals surface area contributed by atoms with E-state index in [1.54, 1.807) is 0 Å². The van der Waals surface area contributed by atoms with Crippen molar-refractivity contribution in [3.63, 3.8) is 0 Å². The predicted molar refractivity (Wildman–Crippen MR) is 82.9 cm³/mol. The van der Waals surface area contributed by atoms with Gasteiger partial charge in [0.25, 0.3) is 0 Å². The lowest BCUT2D eigenvalue weighted by Gasteiger charge is -2.27. The van der Waals surface area contributed by atoms with E-state index in [2.05, 4.69) is 55.4 Å². The van der Waals surface area contributed by atoms with E-state index in [4.69, 9.17) is 0 Å². The van der Waals surface area contributed by atoms with Crippen molar-refractivity contribution in [1.82, 2.24) is 4.90 Å². The zero-order valence-electron chi connectivity index (χ0n) is 12.5. The van der Waals surface area contributed by atoms with E-state index in [0.29, 0.717) is 0 Å². The molecule has 0 aromatic carbocycles. The first-order valence-corrected chi connectivity index (χ1v) is 8.40. The smallest absolute Gasteiger partial charge is 0.00717 e. The third-order valence-corrected chi connectivity index (χ3v) is 4.27. The van der Waals surface area contributed by atoms with Crippen LogP contribution in [-0.2, 0) is 0 Å². The van der Waals surface area contributed by atoms with Gasteiger partial charge in [-0.3, -0.25) is 0 Å². The number of hydrogen-bond acceptors (Lipinski definition) is 1. The van der Waals surface area contributed by atoms with E-state index in [1.165, 1.54) is 38.9 Å². The fraction of sp³-hybridized carbons (Fsp3) is 1.00. The van der Waals surface area contributed by atoms with E-state index in [0.717, 1.165) is 23.1 Å². The zero-order valence-corrected chi connectivity index (χ0v) is 14.1. The third kappa shape index (κ3) is 10.1. The summed E-state index contributed by atoms with van der Waals surface area (Å²) in [4.78, 5) is 2.68. The van der Waals surface area contributed by atoms with Gasteiger partial charge in [0.05, 0.1) is 0 Å². The topological polar surface area (TPSA) is 3.24 Å². The van der Waals surface area contributed by atoms with Gasteiger partial charge in [-0.05, 0) is 43.7 Å². The van der Waals surface area contributed by atoms with Crippen LogP contribution in [0.4, 0.5) is 0 Å². The highest BCUT2D eigenvalue weighted by Gasteiger charge is 2.12. The van der Waals surface area contributed by atoms with E-state index in [1.807, 2.05) is 0 Å². The lowest BCUT2D eigenvalue weighted by Crippen LogP contribution is -2.33.